The van der Waals surface area contributed by atoms with E-state index in [1.165, 1.54) is 11.3 Å². The summed E-state index contributed by atoms with van der Waals surface area (Å²) < 4.78 is 5.33. The lowest BCUT2D eigenvalue weighted by Crippen LogP contribution is -2.25. The summed E-state index contributed by atoms with van der Waals surface area (Å²) in [6.45, 7) is 2.20. The Morgan fingerprint density at radius 1 is 1.47 bits per heavy atom. The summed E-state index contributed by atoms with van der Waals surface area (Å²) in [7, 11) is 1.59. The van der Waals surface area contributed by atoms with Crippen LogP contribution in [0.5, 0.6) is 5.75 Å². The molecule has 6 heteroatoms. The predicted octanol–water partition coefficient (Wildman–Crippen LogP) is 2.05. The highest BCUT2D eigenvalue weighted by Crippen LogP contribution is 2.45. The fourth-order valence-corrected chi connectivity index (χ4v) is 3.12. The maximum Gasteiger partial charge on any atom is 0.263 e. The topological polar surface area (TPSA) is 76.4 Å². The molecule has 0 aromatic carbocycles. The summed E-state index contributed by atoms with van der Waals surface area (Å²) in [6, 6.07) is 0.811. The van der Waals surface area contributed by atoms with Crippen molar-refractivity contribution in [3.05, 3.63) is 4.88 Å². The van der Waals surface area contributed by atoms with Gasteiger partial charge in [0, 0.05) is 12.1 Å². The van der Waals surface area contributed by atoms with Gasteiger partial charge in [-0.2, -0.15) is 0 Å². The van der Waals surface area contributed by atoms with Crippen LogP contribution in [-0.4, -0.2) is 25.1 Å². The fourth-order valence-electron chi connectivity index (χ4n) is 2.07. The van der Waals surface area contributed by atoms with Gasteiger partial charge in [-0.05, 0) is 25.2 Å². The minimum atomic E-state index is -0.0832. The first-order valence-corrected chi connectivity index (χ1v) is 7.45. The van der Waals surface area contributed by atoms with Crippen LogP contribution in [0.4, 0.5) is 10.7 Å². The lowest BCUT2D eigenvalue weighted by atomic mass is 10.3. The smallest absolute Gasteiger partial charge is 0.263 e. The first-order valence-electron chi connectivity index (χ1n) is 6.63. The van der Waals surface area contributed by atoms with Gasteiger partial charge in [0.2, 0.25) is 0 Å². The van der Waals surface area contributed by atoms with E-state index in [0.29, 0.717) is 34.3 Å². The molecule has 2 aliphatic carbocycles. The number of nitrogens with two attached hydrogens (primary N) is 1. The predicted molar refractivity (Wildman–Crippen MR) is 77.0 cm³/mol. The molecule has 1 aromatic rings. The van der Waals surface area contributed by atoms with Crippen LogP contribution in [-0.2, 0) is 0 Å². The van der Waals surface area contributed by atoms with Crippen molar-refractivity contribution >= 4 is 27.9 Å². The molecule has 19 heavy (non-hydrogen) atoms. The quantitative estimate of drug-likeness (QED) is 0.772. The monoisotopic (exact) mass is 281 g/mol. The van der Waals surface area contributed by atoms with Crippen LogP contribution in [0.3, 0.4) is 0 Å². The number of hydrogen-bond donors (Lipinski definition) is 3. The number of hydrogen-bond acceptors (Lipinski definition) is 5. The Hall–Kier alpha value is -1.43. The van der Waals surface area contributed by atoms with E-state index in [4.69, 9.17) is 10.5 Å². The Labute approximate surface area is 116 Å². The Kier molecular flexibility index (Phi) is 3.05. The minimum absolute atomic E-state index is 0.0832. The SMILES string of the molecule is COc1c(NC2CC2C)sc(C(=O)NC2CC2)c1N. The molecular formula is C13H19N3O2S. The molecule has 3 rings (SSSR count). The third-order valence-corrected chi connectivity index (χ3v) is 4.77. The fraction of sp³-hybridized carbons (Fsp3) is 0.615. The molecular weight excluding hydrogens is 262 g/mol. The average Bonchev–Trinajstić information content (AvgIpc) is 3.26. The second kappa shape index (κ2) is 4.59. The first kappa shape index (κ1) is 12.6. The molecule has 2 aliphatic rings. The molecule has 2 atom stereocenters. The lowest BCUT2D eigenvalue weighted by Gasteiger charge is -2.05. The van der Waals surface area contributed by atoms with Crippen molar-refractivity contribution in [1.29, 1.82) is 0 Å². The standard InChI is InChI=1S/C13H19N3O2S/c1-6-5-8(6)16-13-10(18-2)9(14)11(19-13)12(17)15-7-3-4-7/h6-8,16H,3-5,14H2,1-2H3,(H,15,17). The van der Waals surface area contributed by atoms with Gasteiger partial charge in [0.25, 0.3) is 5.91 Å². The number of thiophene rings is 1. The number of carbonyl (C=O) groups is 1. The van der Waals surface area contributed by atoms with Gasteiger partial charge in [0.1, 0.15) is 15.6 Å². The number of methoxy groups -OCH3 is 1. The van der Waals surface area contributed by atoms with Crippen molar-refractivity contribution in [3.8, 4) is 5.75 Å². The number of ether oxygens (including phenoxy) is 1. The molecule has 1 aromatic heterocycles. The van der Waals surface area contributed by atoms with Gasteiger partial charge in [-0.15, -0.1) is 11.3 Å². The molecule has 5 nitrogen and oxygen atoms in total. The van der Waals surface area contributed by atoms with Crippen LogP contribution >= 0.6 is 11.3 Å². The van der Waals surface area contributed by atoms with Crippen molar-refractivity contribution in [3.63, 3.8) is 0 Å². The molecule has 2 saturated carbocycles. The number of carbonyl (C=O) groups excluding carboxylic acids is 1. The van der Waals surface area contributed by atoms with E-state index in [1.54, 1.807) is 7.11 Å². The Morgan fingerprint density at radius 3 is 2.68 bits per heavy atom. The van der Waals surface area contributed by atoms with Gasteiger partial charge >= 0.3 is 0 Å². The molecule has 1 amide bonds. The van der Waals surface area contributed by atoms with Crippen molar-refractivity contribution in [2.45, 2.75) is 38.3 Å². The second-order valence-corrected chi connectivity index (χ2v) is 6.44. The molecule has 104 valence electrons. The summed E-state index contributed by atoms with van der Waals surface area (Å²) in [5, 5.41) is 7.24. The Bertz CT molecular complexity index is 510. The van der Waals surface area contributed by atoms with E-state index in [0.717, 1.165) is 24.3 Å². The highest BCUT2D eigenvalue weighted by atomic mass is 32.1. The van der Waals surface area contributed by atoms with Gasteiger partial charge < -0.3 is 21.1 Å². The van der Waals surface area contributed by atoms with Crippen LogP contribution in [0.25, 0.3) is 0 Å². The Balaban J connectivity index is 1.80. The van der Waals surface area contributed by atoms with Crippen LogP contribution in [0.15, 0.2) is 0 Å². The molecule has 2 unspecified atom stereocenters. The normalized spacial score (nSPS) is 24.9. The van der Waals surface area contributed by atoms with Gasteiger partial charge in [-0.3, -0.25) is 4.79 Å². The molecule has 0 bridgehead atoms. The van der Waals surface area contributed by atoms with Gasteiger partial charge in [0.05, 0.1) is 7.11 Å². The van der Waals surface area contributed by atoms with E-state index in [1.807, 2.05) is 0 Å². The van der Waals surface area contributed by atoms with Gasteiger partial charge in [-0.25, -0.2) is 0 Å². The third-order valence-electron chi connectivity index (χ3n) is 3.65. The van der Waals surface area contributed by atoms with E-state index in [2.05, 4.69) is 17.6 Å². The van der Waals surface area contributed by atoms with Gasteiger partial charge in [-0.1, -0.05) is 6.92 Å². The van der Waals surface area contributed by atoms with Crippen LogP contribution < -0.4 is 21.1 Å². The van der Waals surface area contributed by atoms with Crippen molar-refractivity contribution in [1.82, 2.24) is 5.32 Å². The van der Waals surface area contributed by atoms with E-state index in [-0.39, 0.29) is 5.91 Å². The van der Waals surface area contributed by atoms with Crippen LogP contribution in [0.1, 0.15) is 35.9 Å². The van der Waals surface area contributed by atoms with E-state index in [9.17, 15) is 4.79 Å². The summed E-state index contributed by atoms with van der Waals surface area (Å²) in [4.78, 5) is 12.7. The zero-order valence-corrected chi connectivity index (χ0v) is 12.0. The van der Waals surface area contributed by atoms with Gasteiger partial charge in [0.15, 0.2) is 5.75 Å². The summed E-state index contributed by atoms with van der Waals surface area (Å²) in [5.74, 6) is 1.20. The number of amides is 1. The summed E-state index contributed by atoms with van der Waals surface area (Å²) >= 11 is 1.39. The highest BCUT2D eigenvalue weighted by Gasteiger charge is 2.35. The van der Waals surface area contributed by atoms with Crippen LogP contribution in [0, 0.1) is 5.92 Å². The van der Waals surface area contributed by atoms with E-state index < -0.39 is 0 Å². The number of nitrogens with one attached hydrogen (secondary N) is 2. The largest absolute Gasteiger partial charge is 0.492 e. The molecule has 1 heterocycles. The molecule has 4 N–H and O–H groups in total. The van der Waals surface area contributed by atoms with Crippen molar-refractivity contribution in [2.75, 3.05) is 18.2 Å². The zero-order valence-electron chi connectivity index (χ0n) is 11.2. The lowest BCUT2D eigenvalue weighted by molar-refractivity contribution is 0.0956. The van der Waals surface area contributed by atoms with Crippen molar-refractivity contribution in [2.24, 2.45) is 5.92 Å². The average molecular weight is 281 g/mol. The third kappa shape index (κ3) is 2.49. The Morgan fingerprint density at radius 2 is 2.16 bits per heavy atom. The van der Waals surface area contributed by atoms with E-state index >= 15 is 0 Å². The number of nitrogen functional groups attached to an aromatic ring is 1. The summed E-state index contributed by atoms with van der Waals surface area (Å²) in [5.41, 5.74) is 6.47. The zero-order chi connectivity index (χ0) is 13.6. The first-order chi connectivity index (χ1) is 9.10. The maximum atomic E-state index is 12.1. The second-order valence-electron chi connectivity index (χ2n) is 5.42. The van der Waals surface area contributed by atoms with Crippen molar-refractivity contribution < 1.29 is 9.53 Å². The number of anilines is 2. The summed E-state index contributed by atoms with van der Waals surface area (Å²) in [6.07, 6.45) is 3.29. The molecule has 0 saturated heterocycles. The minimum Gasteiger partial charge on any atom is -0.492 e. The molecule has 0 aliphatic heterocycles. The maximum absolute atomic E-state index is 12.1. The number of rotatable bonds is 5. The molecule has 0 radical (unpaired) electrons. The molecule has 2 fully saturated rings. The molecule has 0 spiro atoms. The van der Waals surface area contributed by atoms with Crippen LogP contribution in [0.2, 0.25) is 0 Å². The highest BCUT2D eigenvalue weighted by molar-refractivity contribution is 7.19.